The van der Waals surface area contributed by atoms with Crippen LogP contribution in [0.5, 0.6) is 0 Å². The fourth-order valence-electron chi connectivity index (χ4n) is 4.96. The van der Waals surface area contributed by atoms with Gasteiger partial charge < -0.3 is 9.97 Å². The van der Waals surface area contributed by atoms with E-state index < -0.39 is 0 Å². The largest absolute Gasteiger partial charge is 0.321 e. The highest BCUT2D eigenvalue weighted by molar-refractivity contribution is 6.07. The van der Waals surface area contributed by atoms with Crippen molar-refractivity contribution < 1.29 is 0 Å². The SMILES string of the molecule is O=c1[nH]c2ccccc2c2ccc3ccc4ccc(nc4c3n2)c2ccccc2[nH]c(=O)c2ccccc12. The van der Waals surface area contributed by atoms with Gasteiger partial charge in [-0.1, -0.05) is 72.8 Å². The van der Waals surface area contributed by atoms with Gasteiger partial charge in [0.25, 0.3) is 11.1 Å². The molecular weight excluding hydrogens is 472 g/mol. The summed E-state index contributed by atoms with van der Waals surface area (Å²) in [6, 6.07) is 33.9. The number of H-pyrrole nitrogens is 2. The first kappa shape index (κ1) is 21.9. The van der Waals surface area contributed by atoms with E-state index in [0.717, 1.165) is 32.6 Å². The number of aromatic amines is 2. The van der Waals surface area contributed by atoms with Crippen LogP contribution in [0.15, 0.2) is 119 Å². The first-order valence-electron chi connectivity index (χ1n) is 12.3. The Balaban J connectivity index is 1.82. The van der Waals surface area contributed by atoms with Gasteiger partial charge >= 0.3 is 0 Å². The Morgan fingerprint density at radius 1 is 0.421 bits per heavy atom. The van der Waals surface area contributed by atoms with Crippen LogP contribution in [-0.2, 0) is 0 Å². The molecule has 0 amide bonds. The van der Waals surface area contributed by atoms with Crippen molar-refractivity contribution in [3.8, 4) is 0 Å². The molecule has 0 spiro atoms. The molecular formula is C32H20N4O2. The maximum Gasteiger partial charge on any atom is 0.256 e. The number of hydrogen-bond acceptors (Lipinski definition) is 4. The van der Waals surface area contributed by atoms with Crippen LogP contribution in [0.1, 0.15) is 0 Å². The van der Waals surface area contributed by atoms with Crippen LogP contribution < -0.4 is 11.1 Å². The maximum atomic E-state index is 13.5. The number of pyridine rings is 2. The molecule has 0 fully saturated rings. The van der Waals surface area contributed by atoms with Gasteiger partial charge in [0.1, 0.15) is 0 Å². The fraction of sp³-hybridized carbons (Fsp3) is 0. The maximum absolute atomic E-state index is 13.5. The monoisotopic (exact) mass is 492 g/mol. The van der Waals surface area contributed by atoms with E-state index in [1.54, 1.807) is 24.3 Å². The van der Waals surface area contributed by atoms with E-state index >= 15 is 0 Å². The highest BCUT2D eigenvalue weighted by Gasteiger charge is 2.07. The van der Waals surface area contributed by atoms with E-state index in [2.05, 4.69) is 9.97 Å². The molecule has 4 aromatic carbocycles. The number of para-hydroxylation sites is 2. The Morgan fingerprint density at radius 3 is 1.24 bits per heavy atom. The number of fused-ring (bicyclic) bond motifs is 7. The topological polar surface area (TPSA) is 91.5 Å². The van der Waals surface area contributed by atoms with Gasteiger partial charge in [-0.2, -0.15) is 0 Å². The second kappa shape index (κ2) is 8.64. The minimum atomic E-state index is -0.376. The summed E-state index contributed by atoms with van der Waals surface area (Å²) < 4.78 is 0. The van der Waals surface area contributed by atoms with Crippen molar-refractivity contribution in [3.63, 3.8) is 0 Å². The Bertz CT molecular complexity index is 2140. The average molecular weight is 493 g/mol. The summed E-state index contributed by atoms with van der Waals surface area (Å²) in [6.45, 7) is 0. The van der Waals surface area contributed by atoms with E-state index in [1.807, 2.05) is 84.9 Å². The van der Waals surface area contributed by atoms with Crippen LogP contribution in [0, 0.1) is 0 Å². The molecule has 7 rings (SSSR count). The van der Waals surface area contributed by atoms with Gasteiger partial charge in [0.2, 0.25) is 0 Å². The molecule has 0 saturated carbocycles. The predicted octanol–water partition coefficient (Wildman–Crippen LogP) is 6.46. The molecule has 4 bridgehead atoms. The summed E-state index contributed by atoms with van der Waals surface area (Å²) in [7, 11) is 0. The third-order valence-corrected chi connectivity index (χ3v) is 6.84. The summed E-state index contributed by atoms with van der Waals surface area (Å²) in [6.07, 6.45) is 0. The summed E-state index contributed by atoms with van der Waals surface area (Å²) >= 11 is 0. The zero-order valence-corrected chi connectivity index (χ0v) is 20.1. The van der Waals surface area contributed by atoms with E-state index in [9.17, 15) is 9.59 Å². The lowest BCUT2D eigenvalue weighted by molar-refractivity contribution is 1.33. The molecule has 3 heterocycles. The number of hydrogen-bond donors (Lipinski definition) is 2. The summed E-state index contributed by atoms with van der Waals surface area (Å²) in [4.78, 5) is 43.0. The predicted molar refractivity (Wildman–Crippen MR) is 155 cm³/mol. The van der Waals surface area contributed by atoms with Crippen molar-refractivity contribution in [1.82, 2.24) is 19.9 Å². The fourth-order valence-corrected chi connectivity index (χ4v) is 4.96. The van der Waals surface area contributed by atoms with Crippen LogP contribution >= 0.6 is 0 Å². The molecule has 7 aromatic rings. The lowest BCUT2D eigenvalue weighted by atomic mass is 10.1. The molecule has 2 N–H and O–H groups in total. The van der Waals surface area contributed by atoms with Gasteiger partial charge in [-0.15, -0.1) is 0 Å². The Hall–Kier alpha value is -5.36. The molecule has 0 saturated heterocycles. The van der Waals surface area contributed by atoms with Crippen LogP contribution in [0.4, 0.5) is 0 Å². The van der Waals surface area contributed by atoms with Gasteiger partial charge in [0.05, 0.1) is 43.9 Å². The summed E-state index contributed by atoms with van der Waals surface area (Å²) in [5.41, 5.74) is 3.41. The van der Waals surface area contributed by atoms with E-state index in [4.69, 9.17) is 9.97 Å². The molecule has 0 aliphatic rings. The van der Waals surface area contributed by atoms with Crippen molar-refractivity contribution >= 4 is 65.4 Å². The van der Waals surface area contributed by atoms with Crippen molar-refractivity contribution in [2.24, 2.45) is 0 Å². The minimum absolute atomic E-state index is 0.276. The van der Waals surface area contributed by atoms with Crippen molar-refractivity contribution in [1.29, 1.82) is 0 Å². The quantitative estimate of drug-likeness (QED) is 0.238. The first-order chi connectivity index (χ1) is 18.7. The number of nitrogens with zero attached hydrogens (tertiary/aromatic N) is 2. The summed E-state index contributed by atoms with van der Waals surface area (Å²) in [5, 5.41) is 4.02. The van der Waals surface area contributed by atoms with Gasteiger partial charge in [0.15, 0.2) is 0 Å². The van der Waals surface area contributed by atoms with Crippen LogP contribution in [0.2, 0.25) is 0 Å². The molecule has 0 aliphatic carbocycles. The molecule has 0 aliphatic heterocycles. The number of benzene rings is 4. The number of nitrogens with one attached hydrogen (secondary N) is 2. The second-order valence-electron chi connectivity index (χ2n) is 9.15. The molecule has 38 heavy (non-hydrogen) atoms. The van der Waals surface area contributed by atoms with E-state index in [1.165, 1.54) is 0 Å². The number of aromatic nitrogens is 4. The first-order valence-corrected chi connectivity index (χ1v) is 12.3. The zero-order valence-electron chi connectivity index (χ0n) is 20.1. The van der Waals surface area contributed by atoms with Gasteiger partial charge in [-0.05, 0) is 36.4 Å². The van der Waals surface area contributed by atoms with Crippen molar-refractivity contribution in [2.45, 2.75) is 0 Å². The van der Waals surface area contributed by atoms with Crippen molar-refractivity contribution in [3.05, 3.63) is 130 Å². The third kappa shape index (κ3) is 3.59. The minimum Gasteiger partial charge on any atom is -0.321 e. The van der Waals surface area contributed by atoms with Gasteiger partial charge in [-0.25, -0.2) is 9.97 Å². The Kier molecular flexibility index (Phi) is 4.97. The van der Waals surface area contributed by atoms with Crippen LogP contribution in [0.25, 0.3) is 65.4 Å². The van der Waals surface area contributed by atoms with Crippen molar-refractivity contribution in [2.75, 3.05) is 0 Å². The molecule has 0 atom stereocenters. The zero-order chi connectivity index (χ0) is 25.6. The Labute approximate surface area is 215 Å². The van der Waals surface area contributed by atoms with E-state index in [-0.39, 0.29) is 21.9 Å². The highest BCUT2D eigenvalue weighted by atomic mass is 16.1. The lowest BCUT2D eigenvalue weighted by Gasteiger charge is -2.05. The van der Waals surface area contributed by atoms with Crippen LogP contribution in [0.3, 0.4) is 0 Å². The second-order valence-corrected chi connectivity index (χ2v) is 9.15. The molecule has 6 nitrogen and oxygen atoms in total. The standard InChI is InChI=1S/C32H20N4O2/c37-31-21-7-1-2-8-22(21)32(38)36-26-12-6-4-10-24(26)28-18-16-20-14-13-19-15-17-27(33-29(19)30(20)34-28)23-9-3-5-11-25(23)35-31/h1-18H,(H,35,37)(H,36,38). The normalized spacial score (nSPS) is 11.4. The molecule has 180 valence electrons. The van der Waals surface area contributed by atoms with Gasteiger partial charge in [0, 0.05) is 21.5 Å². The smallest absolute Gasteiger partial charge is 0.256 e. The molecule has 3 aromatic heterocycles. The number of rotatable bonds is 0. The molecule has 0 radical (unpaired) electrons. The lowest BCUT2D eigenvalue weighted by Crippen LogP contribution is -2.09. The van der Waals surface area contributed by atoms with E-state index in [0.29, 0.717) is 22.1 Å². The molecule has 6 heteroatoms. The van der Waals surface area contributed by atoms with Crippen LogP contribution in [-0.4, -0.2) is 19.9 Å². The highest BCUT2D eigenvalue weighted by Crippen LogP contribution is 2.26. The Morgan fingerprint density at radius 2 is 0.789 bits per heavy atom. The molecule has 0 unspecified atom stereocenters. The van der Waals surface area contributed by atoms with Gasteiger partial charge in [-0.3, -0.25) is 9.59 Å². The third-order valence-electron chi connectivity index (χ3n) is 6.84. The summed E-state index contributed by atoms with van der Waals surface area (Å²) in [5.74, 6) is 0. The average Bonchev–Trinajstić information content (AvgIpc) is 2.96.